The average molecular weight is 352 g/mol. The van der Waals surface area contributed by atoms with Crippen LogP contribution in [0.5, 0.6) is 0 Å². The molecule has 128 valence electrons. The summed E-state index contributed by atoms with van der Waals surface area (Å²) < 4.78 is 7.87. The van der Waals surface area contributed by atoms with E-state index in [0.717, 1.165) is 34.5 Å². The second-order valence-electron chi connectivity index (χ2n) is 5.99. The highest BCUT2D eigenvalue weighted by Crippen LogP contribution is 2.37. The van der Waals surface area contributed by atoms with E-state index in [-0.39, 0.29) is 5.25 Å². The second-order valence-corrected chi connectivity index (χ2v) is 6.94. The molecule has 1 atom stereocenters. The number of fused-ring (bicyclic) bond motifs is 2. The Morgan fingerprint density at radius 2 is 2.16 bits per heavy atom. The minimum absolute atomic E-state index is 0.100. The Bertz CT molecular complexity index is 1040. The molecule has 4 rings (SSSR count). The number of nitrogens with zero attached hydrogens (tertiary/aromatic N) is 3. The molecule has 5 nitrogen and oxygen atoms in total. The number of aryl methyl sites for hydroxylation is 1. The molecule has 0 fully saturated rings. The van der Waals surface area contributed by atoms with Crippen molar-refractivity contribution in [3.63, 3.8) is 0 Å². The fraction of sp³-hybridized carbons (Fsp3) is 0.263. The maximum atomic E-state index is 5.80. The van der Waals surface area contributed by atoms with Gasteiger partial charge in [0.1, 0.15) is 11.2 Å². The van der Waals surface area contributed by atoms with Gasteiger partial charge in [-0.2, -0.15) is 16.7 Å². The Morgan fingerprint density at radius 3 is 2.96 bits per heavy atom. The van der Waals surface area contributed by atoms with E-state index in [1.807, 2.05) is 19.1 Å². The van der Waals surface area contributed by atoms with E-state index >= 15 is 0 Å². The van der Waals surface area contributed by atoms with Gasteiger partial charge in [0.25, 0.3) is 6.01 Å². The summed E-state index contributed by atoms with van der Waals surface area (Å²) in [6.45, 7) is 4.89. The van der Waals surface area contributed by atoms with Gasteiger partial charge < -0.3 is 14.1 Å². The first-order valence-electron chi connectivity index (χ1n) is 8.31. The third kappa shape index (κ3) is 2.87. The Kier molecular flexibility index (Phi) is 4.13. The maximum absolute atomic E-state index is 5.80. The molecule has 1 aromatic carbocycles. The van der Waals surface area contributed by atoms with Gasteiger partial charge in [0, 0.05) is 24.5 Å². The fourth-order valence-corrected chi connectivity index (χ4v) is 3.84. The van der Waals surface area contributed by atoms with Crippen LogP contribution in [0.3, 0.4) is 0 Å². The summed E-state index contributed by atoms with van der Waals surface area (Å²) in [6, 6.07) is 10.8. The highest BCUT2D eigenvalue weighted by atomic mass is 32.2. The van der Waals surface area contributed by atoms with Crippen molar-refractivity contribution in [2.75, 3.05) is 18.1 Å². The number of aromatic nitrogens is 3. The lowest BCUT2D eigenvalue weighted by atomic mass is 10.1. The highest BCUT2D eigenvalue weighted by Gasteiger charge is 2.21. The van der Waals surface area contributed by atoms with Crippen LogP contribution in [-0.2, 0) is 0 Å². The number of imidazole rings is 1. The molecule has 0 radical (unpaired) electrons. The number of benzene rings is 1. The van der Waals surface area contributed by atoms with Gasteiger partial charge in [-0.1, -0.05) is 12.1 Å². The maximum Gasteiger partial charge on any atom is 0.295 e. The van der Waals surface area contributed by atoms with E-state index in [4.69, 9.17) is 9.40 Å². The zero-order valence-electron chi connectivity index (χ0n) is 14.5. The molecule has 0 spiro atoms. The summed E-state index contributed by atoms with van der Waals surface area (Å²) in [6.07, 6.45) is 6.25. The van der Waals surface area contributed by atoms with E-state index in [0.29, 0.717) is 6.01 Å². The van der Waals surface area contributed by atoms with Gasteiger partial charge in [-0.25, -0.2) is 4.98 Å². The highest BCUT2D eigenvalue weighted by molar-refractivity contribution is 7.99. The molecule has 1 N–H and O–H groups in total. The van der Waals surface area contributed by atoms with Gasteiger partial charge >= 0.3 is 0 Å². The predicted octanol–water partition coefficient (Wildman–Crippen LogP) is 4.67. The minimum atomic E-state index is 0.100. The second kappa shape index (κ2) is 6.44. The Hall–Kier alpha value is -2.47. The monoisotopic (exact) mass is 352 g/mol. The van der Waals surface area contributed by atoms with Crippen molar-refractivity contribution in [3.05, 3.63) is 59.5 Å². The number of anilines is 1. The van der Waals surface area contributed by atoms with Crippen LogP contribution in [-0.4, -0.2) is 27.2 Å². The molecule has 0 amide bonds. The van der Waals surface area contributed by atoms with Gasteiger partial charge in [-0.05, 0) is 43.9 Å². The molecular weight excluding hydrogens is 332 g/mol. The molecule has 0 aliphatic carbocycles. The molecule has 4 aromatic rings. The standard InChI is InChI=1S/C19H20N4OS/c1-4-20-19-22-17-13(6-5-7-15(17)24-19)18(25-3)14-11-23-9-8-12(2)10-16(23)21-14/h5-11,18H,4H2,1-3H3,(H,20,22). The number of thioether (sulfide) groups is 1. The third-order valence-electron chi connectivity index (χ3n) is 4.20. The van der Waals surface area contributed by atoms with Crippen molar-refractivity contribution in [1.29, 1.82) is 0 Å². The molecule has 0 aliphatic rings. The predicted molar refractivity (Wildman–Crippen MR) is 103 cm³/mol. The zero-order chi connectivity index (χ0) is 17.4. The first-order valence-corrected chi connectivity index (χ1v) is 9.59. The van der Waals surface area contributed by atoms with Crippen LogP contribution in [0.1, 0.15) is 29.0 Å². The minimum Gasteiger partial charge on any atom is -0.424 e. The van der Waals surface area contributed by atoms with Crippen LogP contribution in [0, 0.1) is 6.92 Å². The van der Waals surface area contributed by atoms with E-state index in [1.165, 1.54) is 5.56 Å². The van der Waals surface area contributed by atoms with Gasteiger partial charge in [-0.3, -0.25) is 0 Å². The first-order chi connectivity index (χ1) is 12.2. The van der Waals surface area contributed by atoms with Crippen LogP contribution in [0.15, 0.2) is 47.1 Å². The van der Waals surface area contributed by atoms with Crippen molar-refractivity contribution >= 4 is 34.5 Å². The largest absolute Gasteiger partial charge is 0.424 e. The number of pyridine rings is 1. The topological polar surface area (TPSA) is 55.4 Å². The van der Waals surface area contributed by atoms with E-state index < -0.39 is 0 Å². The Labute approximate surface area is 150 Å². The van der Waals surface area contributed by atoms with E-state index in [2.05, 4.69) is 58.5 Å². The van der Waals surface area contributed by atoms with E-state index in [9.17, 15) is 0 Å². The van der Waals surface area contributed by atoms with E-state index in [1.54, 1.807) is 11.8 Å². The molecule has 0 bridgehead atoms. The number of hydrogen-bond acceptors (Lipinski definition) is 5. The van der Waals surface area contributed by atoms with Crippen molar-refractivity contribution in [1.82, 2.24) is 14.4 Å². The summed E-state index contributed by atoms with van der Waals surface area (Å²) in [4.78, 5) is 9.48. The van der Waals surface area contributed by atoms with Crippen molar-refractivity contribution in [2.24, 2.45) is 0 Å². The van der Waals surface area contributed by atoms with Crippen molar-refractivity contribution < 1.29 is 4.42 Å². The van der Waals surface area contributed by atoms with Crippen LogP contribution in [0.25, 0.3) is 16.7 Å². The van der Waals surface area contributed by atoms with Crippen LogP contribution < -0.4 is 5.32 Å². The SMILES string of the molecule is CCNc1nc2c(C(SC)c3cn4ccc(C)cc4n3)cccc2o1. The third-order valence-corrected chi connectivity index (χ3v) is 5.17. The molecule has 6 heteroatoms. The van der Waals surface area contributed by atoms with Crippen LogP contribution >= 0.6 is 11.8 Å². The smallest absolute Gasteiger partial charge is 0.295 e. The number of rotatable bonds is 5. The van der Waals surface area contributed by atoms with Gasteiger partial charge in [0.15, 0.2) is 5.58 Å². The van der Waals surface area contributed by atoms with Gasteiger partial charge in [0.05, 0.1) is 10.9 Å². The molecule has 25 heavy (non-hydrogen) atoms. The average Bonchev–Trinajstić information content (AvgIpc) is 3.19. The molecule has 0 saturated heterocycles. The number of para-hydroxylation sites is 1. The van der Waals surface area contributed by atoms with Crippen molar-refractivity contribution in [2.45, 2.75) is 19.1 Å². The molecule has 0 aliphatic heterocycles. The van der Waals surface area contributed by atoms with Crippen LogP contribution in [0.4, 0.5) is 6.01 Å². The molecule has 1 unspecified atom stereocenters. The molecule has 3 heterocycles. The lowest BCUT2D eigenvalue weighted by Crippen LogP contribution is -1.99. The quantitative estimate of drug-likeness (QED) is 0.566. The van der Waals surface area contributed by atoms with Gasteiger partial charge in [-0.15, -0.1) is 0 Å². The molecule has 3 aromatic heterocycles. The zero-order valence-corrected chi connectivity index (χ0v) is 15.3. The molecule has 0 saturated carbocycles. The lowest BCUT2D eigenvalue weighted by Gasteiger charge is -2.12. The number of hydrogen-bond donors (Lipinski definition) is 1. The lowest BCUT2D eigenvalue weighted by molar-refractivity contribution is 0.616. The Morgan fingerprint density at radius 1 is 1.28 bits per heavy atom. The normalized spacial score (nSPS) is 12.8. The first kappa shape index (κ1) is 16.0. The Balaban J connectivity index is 1.83. The fourth-order valence-electron chi connectivity index (χ4n) is 3.04. The van der Waals surface area contributed by atoms with Gasteiger partial charge in [0.2, 0.25) is 0 Å². The number of nitrogens with one attached hydrogen (secondary N) is 1. The summed E-state index contributed by atoms with van der Waals surface area (Å²) in [7, 11) is 0. The molecular formula is C19H20N4OS. The summed E-state index contributed by atoms with van der Waals surface area (Å²) in [5.41, 5.74) is 6.02. The van der Waals surface area contributed by atoms with Crippen molar-refractivity contribution in [3.8, 4) is 0 Å². The summed E-state index contributed by atoms with van der Waals surface area (Å²) in [5, 5.41) is 3.24. The van der Waals surface area contributed by atoms with Crippen LogP contribution in [0.2, 0.25) is 0 Å². The summed E-state index contributed by atoms with van der Waals surface area (Å²) in [5.74, 6) is 0. The summed E-state index contributed by atoms with van der Waals surface area (Å²) >= 11 is 1.76. The number of oxazole rings is 1.